The van der Waals surface area contributed by atoms with Crippen LogP contribution in [0.2, 0.25) is 0 Å². The van der Waals surface area contributed by atoms with Crippen LogP contribution in [0.1, 0.15) is 58.8 Å². The first-order valence-corrected chi connectivity index (χ1v) is 10.1. The number of Topliss-reactive ketones (excluding diaryl/α,β-unsaturated/α-hetero) is 1. The minimum atomic E-state index is -0.763. The molecule has 0 unspecified atom stereocenters. The normalized spacial score (nSPS) is 48.9. The average Bonchev–Trinajstić information content (AvgIpc) is 2.85. The van der Waals surface area contributed by atoms with E-state index in [2.05, 4.69) is 19.2 Å². The number of hydrogen-bond acceptors (Lipinski definition) is 5. The number of nitriles is 1. The fraction of sp³-hybridized carbons (Fsp3) is 0.750. The zero-order valence-electron chi connectivity index (χ0n) is 14.9. The van der Waals surface area contributed by atoms with Gasteiger partial charge in [0.15, 0.2) is 11.6 Å². The molecule has 4 aliphatic carbocycles. The molecule has 5 heteroatoms. The number of ketones is 2. The molecule has 1 N–H and O–H groups in total. The summed E-state index contributed by atoms with van der Waals surface area (Å²) >= 11 is 1.15. The van der Waals surface area contributed by atoms with Gasteiger partial charge >= 0.3 is 0 Å². The summed E-state index contributed by atoms with van der Waals surface area (Å²) in [6, 6.07) is 0. The van der Waals surface area contributed by atoms with Gasteiger partial charge in [0.1, 0.15) is 10.1 Å². The summed E-state index contributed by atoms with van der Waals surface area (Å²) in [7, 11) is 0. The van der Waals surface area contributed by atoms with Gasteiger partial charge in [-0.15, -0.1) is 0 Å². The molecule has 3 fully saturated rings. The van der Waals surface area contributed by atoms with Crippen LogP contribution < -0.4 is 0 Å². The summed E-state index contributed by atoms with van der Waals surface area (Å²) < 4.78 is -0.763. The van der Waals surface area contributed by atoms with Crippen molar-refractivity contribution in [3.05, 3.63) is 11.6 Å². The van der Waals surface area contributed by atoms with E-state index in [0.717, 1.165) is 43.0 Å². The number of aliphatic hydroxyl groups excluding tert-OH is 1. The van der Waals surface area contributed by atoms with Gasteiger partial charge in [0, 0.05) is 23.7 Å². The number of carbonyl (C=O) groups is 2. The Morgan fingerprint density at radius 2 is 1.96 bits per heavy atom. The van der Waals surface area contributed by atoms with E-state index in [0.29, 0.717) is 19.3 Å². The minimum absolute atomic E-state index is 0.107. The molecule has 0 bridgehead atoms. The molecule has 4 rings (SSSR count). The van der Waals surface area contributed by atoms with Crippen molar-refractivity contribution in [1.29, 1.82) is 5.26 Å². The quantitative estimate of drug-likeness (QED) is 0.726. The van der Waals surface area contributed by atoms with Crippen LogP contribution in [0.4, 0.5) is 0 Å². The lowest BCUT2D eigenvalue weighted by atomic mass is 9.46. The molecule has 3 saturated carbocycles. The second-order valence-electron chi connectivity index (χ2n) is 8.85. The van der Waals surface area contributed by atoms with Crippen LogP contribution in [0.3, 0.4) is 0 Å². The molecule has 0 aromatic heterocycles. The SMILES string of the molecule is C[C@]12CC(=O)[C@@]3(SC#N)[C@@H](CCC4=CC(=O)CC[C@@]43C)[C@@H]1CC[C@H]2O. The van der Waals surface area contributed by atoms with Crippen molar-refractivity contribution in [2.75, 3.05) is 0 Å². The first kappa shape index (κ1) is 17.3. The van der Waals surface area contributed by atoms with Crippen molar-refractivity contribution in [2.45, 2.75) is 69.6 Å². The van der Waals surface area contributed by atoms with E-state index >= 15 is 0 Å². The Bertz CT molecular complexity index is 725. The molecule has 0 heterocycles. The summed E-state index contributed by atoms with van der Waals surface area (Å²) in [4.78, 5) is 25.6. The van der Waals surface area contributed by atoms with Crippen LogP contribution >= 0.6 is 11.8 Å². The van der Waals surface area contributed by atoms with Gasteiger partial charge in [0.25, 0.3) is 0 Å². The number of aliphatic hydroxyl groups is 1. The van der Waals surface area contributed by atoms with Crippen molar-refractivity contribution >= 4 is 23.3 Å². The maximum absolute atomic E-state index is 13.6. The Morgan fingerprint density at radius 1 is 1.20 bits per heavy atom. The molecular formula is C20H25NO3S. The third-order valence-corrected chi connectivity index (χ3v) is 9.38. The van der Waals surface area contributed by atoms with E-state index in [-0.39, 0.29) is 28.8 Å². The average molecular weight is 359 g/mol. The number of thioether (sulfide) groups is 1. The predicted molar refractivity (Wildman–Crippen MR) is 95.6 cm³/mol. The number of fused-ring (bicyclic) bond motifs is 5. The fourth-order valence-electron chi connectivity index (χ4n) is 6.60. The number of nitrogens with zero attached hydrogens (tertiary/aromatic N) is 1. The molecule has 0 saturated heterocycles. The second kappa shape index (κ2) is 5.44. The van der Waals surface area contributed by atoms with Crippen LogP contribution in [0.25, 0.3) is 0 Å². The molecule has 134 valence electrons. The molecule has 0 spiro atoms. The van der Waals surface area contributed by atoms with E-state index in [9.17, 15) is 20.0 Å². The van der Waals surface area contributed by atoms with E-state index in [1.54, 1.807) is 6.08 Å². The smallest absolute Gasteiger partial charge is 0.155 e. The molecule has 0 aromatic rings. The van der Waals surface area contributed by atoms with Gasteiger partial charge in [-0.05, 0) is 61.8 Å². The number of rotatable bonds is 1. The van der Waals surface area contributed by atoms with Gasteiger partial charge in [0.2, 0.25) is 0 Å². The van der Waals surface area contributed by atoms with Crippen molar-refractivity contribution < 1.29 is 14.7 Å². The number of hydrogen-bond donors (Lipinski definition) is 1. The largest absolute Gasteiger partial charge is 0.393 e. The van der Waals surface area contributed by atoms with Crippen LogP contribution in [0, 0.1) is 33.3 Å². The van der Waals surface area contributed by atoms with Crippen molar-refractivity contribution in [3.63, 3.8) is 0 Å². The Kier molecular flexibility index (Phi) is 3.76. The lowest BCUT2D eigenvalue weighted by molar-refractivity contribution is -0.143. The highest BCUT2D eigenvalue weighted by Gasteiger charge is 2.70. The van der Waals surface area contributed by atoms with Gasteiger partial charge in [0.05, 0.1) is 6.10 Å². The predicted octanol–water partition coefficient (Wildman–Crippen LogP) is 3.40. The highest BCUT2D eigenvalue weighted by Crippen LogP contribution is 2.69. The summed E-state index contributed by atoms with van der Waals surface area (Å²) in [5, 5.41) is 22.4. The van der Waals surface area contributed by atoms with Gasteiger partial charge in [-0.25, -0.2) is 0 Å². The molecule has 0 aliphatic heterocycles. The van der Waals surface area contributed by atoms with Crippen LogP contribution in [0.5, 0.6) is 0 Å². The Hall–Kier alpha value is -1.12. The monoisotopic (exact) mass is 359 g/mol. The lowest BCUT2D eigenvalue weighted by Gasteiger charge is -2.62. The molecule has 6 atom stereocenters. The van der Waals surface area contributed by atoms with Gasteiger partial charge in [-0.3, -0.25) is 9.59 Å². The van der Waals surface area contributed by atoms with Crippen molar-refractivity contribution in [1.82, 2.24) is 0 Å². The maximum atomic E-state index is 13.6. The minimum Gasteiger partial charge on any atom is -0.393 e. The standard InChI is InChI=1S/C20H25NO3S/c1-18-10-17(24)20(25-11-21)15(14(18)5-6-16(18)23)4-3-12-9-13(22)7-8-19(12,20)2/h9,14-16,23H,3-8,10H2,1-2H3/t14-,15-,16+,18-,19-,20-/m0/s1. The third kappa shape index (κ3) is 1.99. The Morgan fingerprint density at radius 3 is 2.68 bits per heavy atom. The van der Waals surface area contributed by atoms with E-state index in [1.165, 1.54) is 0 Å². The highest BCUT2D eigenvalue weighted by molar-refractivity contribution is 8.05. The molecule has 0 radical (unpaired) electrons. The summed E-state index contributed by atoms with van der Waals surface area (Å²) in [5.74, 6) is 0.645. The van der Waals surface area contributed by atoms with Crippen LogP contribution in [0.15, 0.2) is 11.6 Å². The maximum Gasteiger partial charge on any atom is 0.155 e. The van der Waals surface area contributed by atoms with E-state index in [1.807, 2.05) is 0 Å². The van der Waals surface area contributed by atoms with E-state index in [4.69, 9.17) is 0 Å². The molecule has 4 nitrogen and oxygen atoms in total. The first-order chi connectivity index (χ1) is 11.8. The summed E-state index contributed by atoms with van der Waals surface area (Å²) in [6.07, 6.45) is 6.12. The van der Waals surface area contributed by atoms with Gasteiger partial charge in [-0.2, -0.15) is 5.26 Å². The molecule has 4 aliphatic rings. The topological polar surface area (TPSA) is 78.2 Å². The first-order valence-electron chi connectivity index (χ1n) is 9.32. The third-order valence-electron chi connectivity index (χ3n) is 7.99. The molecule has 25 heavy (non-hydrogen) atoms. The Labute approximate surface area is 153 Å². The summed E-state index contributed by atoms with van der Waals surface area (Å²) in [6.45, 7) is 4.17. The van der Waals surface area contributed by atoms with Gasteiger partial charge < -0.3 is 5.11 Å². The second-order valence-corrected chi connectivity index (χ2v) is 9.88. The van der Waals surface area contributed by atoms with Gasteiger partial charge in [-0.1, -0.05) is 19.4 Å². The fourth-order valence-corrected chi connectivity index (χ4v) is 7.82. The Balaban J connectivity index is 1.89. The molecule has 0 amide bonds. The zero-order valence-corrected chi connectivity index (χ0v) is 15.7. The lowest BCUT2D eigenvalue weighted by Crippen LogP contribution is -2.66. The number of carbonyl (C=O) groups excluding carboxylic acids is 2. The highest BCUT2D eigenvalue weighted by atomic mass is 32.2. The van der Waals surface area contributed by atoms with E-state index < -0.39 is 16.3 Å². The number of allylic oxidation sites excluding steroid dienone is 1. The summed E-state index contributed by atoms with van der Waals surface area (Å²) in [5.41, 5.74) is 0.290. The van der Waals surface area contributed by atoms with Crippen molar-refractivity contribution in [3.8, 4) is 5.40 Å². The molecule has 0 aromatic carbocycles. The van der Waals surface area contributed by atoms with Crippen molar-refractivity contribution in [2.24, 2.45) is 22.7 Å². The van der Waals surface area contributed by atoms with Crippen LogP contribution in [-0.4, -0.2) is 27.5 Å². The molecular weight excluding hydrogens is 334 g/mol. The van der Waals surface area contributed by atoms with Crippen LogP contribution in [-0.2, 0) is 9.59 Å². The number of thiocyanates is 1. The zero-order chi connectivity index (χ0) is 18.0.